The molecule has 0 saturated carbocycles. The Morgan fingerprint density at radius 3 is 2.71 bits per heavy atom. The Hall–Kier alpha value is -2.87. The van der Waals surface area contributed by atoms with Gasteiger partial charge in [-0.3, -0.25) is 14.4 Å². The maximum atomic E-state index is 13.3. The fraction of sp³-hybridized carbons (Fsp3) is 0.348. The van der Waals surface area contributed by atoms with Crippen molar-refractivity contribution in [3.8, 4) is 5.75 Å². The first kappa shape index (κ1) is 22.8. The lowest BCUT2D eigenvalue weighted by atomic mass is 10.1. The van der Waals surface area contributed by atoms with Gasteiger partial charge in [0.05, 0.1) is 25.2 Å². The van der Waals surface area contributed by atoms with Gasteiger partial charge in [-0.1, -0.05) is 46.3 Å². The van der Waals surface area contributed by atoms with Crippen LogP contribution in [0, 0.1) is 0 Å². The molecule has 1 N–H and O–H groups in total. The molecule has 8 heteroatoms. The number of esters is 1. The van der Waals surface area contributed by atoms with Gasteiger partial charge in [0.1, 0.15) is 11.8 Å². The van der Waals surface area contributed by atoms with E-state index in [9.17, 15) is 14.4 Å². The summed E-state index contributed by atoms with van der Waals surface area (Å²) in [5, 5.41) is 2.73. The van der Waals surface area contributed by atoms with Crippen LogP contribution in [0.15, 0.2) is 53.0 Å². The molecule has 2 amide bonds. The first-order valence-corrected chi connectivity index (χ1v) is 11.0. The molecule has 1 fully saturated rings. The lowest BCUT2D eigenvalue weighted by Gasteiger charge is -2.35. The van der Waals surface area contributed by atoms with Crippen LogP contribution in [0.2, 0.25) is 0 Å². The molecule has 0 radical (unpaired) electrons. The second kappa shape index (κ2) is 10.9. The van der Waals surface area contributed by atoms with E-state index in [1.807, 2.05) is 37.3 Å². The topological polar surface area (TPSA) is 84.9 Å². The fourth-order valence-electron chi connectivity index (χ4n) is 3.41. The predicted octanol–water partition coefficient (Wildman–Crippen LogP) is 2.96. The van der Waals surface area contributed by atoms with Crippen molar-refractivity contribution < 1.29 is 23.9 Å². The van der Waals surface area contributed by atoms with Gasteiger partial charge in [0.2, 0.25) is 5.91 Å². The quantitative estimate of drug-likeness (QED) is 0.577. The predicted molar refractivity (Wildman–Crippen MR) is 119 cm³/mol. The van der Waals surface area contributed by atoms with Crippen molar-refractivity contribution in [2.24, 2.45) is 0 Å². The Labute approximate surface area is 189 Å². The van der Waals surface area contributed by atoms with Gasteiger partial charge < -0.3 is 19.7 Å². The molecule has 1 aliphatic rings. The number of hydrogen-bond donors (Lipinski definition) is 1. The number of rotatable bonds is 8. The number of piperazine rings is 1. The number of carbonyl (C=O) groups is 3. The van der Waals surface area contributed by atoms with E-state index >= 15 is 0 Å². The van der Waals surface area contributed by atoms with E-state index in [4.69, 9.17) is 9.47 Å². The van der Waals surface area contributed by atoms with E-state index in [1.165, 1.54) is 4.90 Å². The zero-order valence-corrected chi connectivity index (χ0v) is 18.9. The summed E-state index contributed by atoms with van der Waals surface area (Å²) in [6.07, 6.45) is 0.381. The molecule has 0 spiro atoms. The summed E-state index contributed by atoms with van der Waals surface area (Å²) in [7, 11) is 0. The minimum absolute atomic E-state index is 0.204. The van der Waals surface area contributed by atoms with Crippen LogP contribution in [0.4, 0.5) is 0 Å². The Bertz CT molecular complexity index is 935. The molecular formula is C23H25BrN2O5. The molecular weight excluding hydrogens is 464 g/mol. The zero-order valence-electron chi connectivity index (χ0n) is 17.3. The molecule has 0 aliphatic carbocycles. The summed E-state index contributed by atoms with van der Waals surface area (Å²) in [5.41, 5.74) is 1.40. The zero-order chi connectivity index (χ0) is 22.2. The van der Waals surface area contributed by atoms with E-state index in [0.29, 0.717) is 37.4 Å². The van der Waals surface area contributed by atoms with Crippen LogP contribution in [-0.4, -0.2) is 55.0 Å². The number of benzene rings is 2. The summed E-state index contributed by atoms with van der Waals surface area (Å²) in [5.74, 6) is -0.810. The number of hydrogen-bond acceptors (Lipinski definition) is 5. The van der Waals surface area contributed by atoms with E-state index in [2.05, 4.69) is 21.2 Å². The summed E-state index contributed by atoms with van der Waals surface area (Å²) in [6.45, 7) is 3.07. The molecule has 3 rings (SSSR count). The highest BCUT2D eigenvalue weighted by atomic mass is 79.9. The second-order valence-corrected chi connectivity index (χ2v) is 7.95. The summed E-state index contributed by atoms with van der Waals surface area (Å²) < 4.78 is 11.6. The van der Waals surface area contributed by atoms with Crippen LogP contribution in [-0.2, 0) is 20.7 Å². The van der Waals surface area contributed by atoms with Gasteiger partial charge in [-0.15, -0.1) is 0 Å². The van der Waals surface area contributed by atoms with E-state index in [1.54, 1.807) is 18.2 Å². The molecule has 0 bridgehead atoms. The number of nitrogens with zero attached hydrogens (tertiary/aromatic N) is 1. The summed E-state index contributed by atoms with van der Waals surface area (Å²) in [6, 6.07) is 13.9. The molecule has 1 atom stereocenters. The largest absolute Gasteiger partial charge is 0.493 e. The highest BCUT2D eigenvalue weighted by molar-refractivity contribution is 9.10. The molecule has 31 heavy (non-hydrogen) atoms. The average molecular weight is 489 g/mol. The van der Waals surface area contributed by atoms with Crippen LogP contribution in [0.1, 0.15) is 29.3 Å². The van der Waals surface area contributed by atoms with Gasteiger partial charge in [0.15, 0.2) is 0 Å². The minimum atomic E-state index is -0.932. The Balaban J connectivity index is 1.68. The maximum Gasteiger partial charge on any atom is 0.308 e. The summed E-state index contributed by atoms with van der Waals surface area (Å²) in [4.78, 5) is 39.6. The van der Waals surface area contributed by atoms with Crippen LogP contribution in [0.25, 0.3) is 0 Å². The Morgan fingerprint density at radius 1 is 1.19 bits per heavy atom. The third-order valence-electron chi connectivity index (χ3n) is 4.92. The van der Waals surface area contributed by atoms with Crippen molar-refractivity contribution in [1.82, 2.24) is 10.2 Å². The second-order valence-electron chi connectivity index (χ2n) is 7.04. The maximum absolute atomic E-state index is 13.3. The third-order valence-corrected chi connectivity index (χ3v) is 5.41. The normalized spacial score (nSPS) is 15.9. The van der Waals surface area contributed by atoms with Crippen LogP contribution >= 0.6 is 15.9 Å². The average Bonchev–Trinajstić information content (AvgIpc) is 2.77. The molecule has 2 aromatic rings. The van der Waals surface area contributed by atoms with E-state index in [0.717, 1.165) is 10.0 Å². The van der Waals surface area contributed by atoms with Crippen molar-refractivity contribution in [3.63, 3.8) is 0 Å². The van der Waals surface area contributed by atoms with E-state index in [-0.39, 0.29) is 24.8 Å². The number of ether oxygens (including phenoxy) is 2. The van der Waals surface area contributed by atoms with Gasteiger partial charge in [-0.25, -0.2) is 0 Å². The monoisotopic (exact) mass is 488 g/mol. The molecule has 0 unspecified atom stereocenters. The van der Waals surface area contributed by atoms with Gasteiger partial charge in [-0.2, -0.15) is 0 Å². The van der Waals surface area contributed by atoms with Gasteiger partial charge >= 0.3 is 5.97 Å². The molecule has 7 nitrogen and oxygen atoms in total. The SMILES string of the molecule is CCOc1ccc(Br)cc1C(=O)N1CCNC(=O)[C@H]1CC(=O)OCCc1ccccc1. The molecule has 2 aromatic carbocycles. The van der Waals surface area contributed by atoms with Crippen LogP contribution < -0.4 is 10.1 Å². The van der Waals surface area contributed by atoms with Crippen molar-refractivity contribution in [3.05, 3.63) is 64.1 Å². The lowest BCUT2D eigenvalue weighted by Crippen LogP contribution is -2.57. The number of carbonyl (C=O) groups excluding carboxylic acids is 3. The Kier molecular flexibility index (Phi) is 8.06. The smallest absolute Gasteiger partial charge is 0.308 e. The highest BCUT2D eigenvalue weighted by Crippen LogP contribution is 2.26. The molecule has 1 saturated heterocycles. The number of nitrogens with one attached hydrogen (secondary N) is 1. The van der Waals surface area contributed by atoms with Gasteiger partial charge in [0.25, 0.3) is 5.91 Å². The van der Waals surface area contributed by atoms with Crippen molar-refractivity contribution in [2.45, 2.75) is 25.8 Å². The molecule has 164 valence electrons. The van der Waals surface area contributed by atoms with Crippen LogP contribution in [0.3, 0.4) is 0 Å². The van der Waals surface area contributed by atoms with Crippen molar-refractivity contribution >= 4 is 33.7 Å². The first-order valence-electron chi connectivity index (χ1n) is 10.2. The Morgan fingerprint density at radius 2 is 1.97 bits per heavy atom. The number of amides is 2. The highest BCUT2D eigenvalue weighted by Gasteiger charge is 2.36. The molecule has 0 aromatic heterocycles. The van der Waals surface area contributed by atoms with Gasteiger partial charge in [0, 0.05) is 24.0 Å². The minimum Gasteiger partial charge on any atom is -0.493 e. The number of halogens is 1. The fourth-order valence-corrected chi connectivity index (χ4v) is 3.77. The lowest BCUT2D eigenvalue weighted by molar-refractivity contribution is -0.147. The van der Waals surface area contributed by atoms with Crippen molar-refractivity contribution in [2.75, 3.05) is 26.3 Å². The van der Waals surface area contributed by atoms with E-state index < -0.39 is 12.0 Å². The summed E-state index contributed by atoms with van der Waals surface area (Å²) >= 11 is 3.37. The first-order chi connectivity index (χ1) is 15.0. The third kappa shape index (κ3) is 6.07. The molecule has 1 heterocycles. The van der Waals surface area contributed by atoms with Crippen molar-refractivity contribution in [1.29, 1.82) is 0 Å². The molecule has 1 aliphatic heterocycles. The van der Waals surface area contributed by atoms with Crippen LogP contribution in [0.5, 0.6) is 5.75 Å². The van der Waals surface area contributed by atoms with Gasteiger partial charge in [-0.05, 0) is 30.7 Å². The standard InChI is InChI=1S/C23H25BrN2O5/c1-2-30-20-9-8-17(24)14-18(20)23(29)26-12-11-25-22(28)19(26)15-21(27)31-13-10-16-6-4-3-5-7-16/h3-9,14,19H,2,10-13,15H2,1H3,(H,25,28)/t19-/m1/s1.